The normalized spacial score (nSPS) is 16.8. The van der Waals surface area contributed by atoms with Crippen LogP contribution >= 0.6 is 0 Å². The molecule has 1 unspecified atom stereocenters. The van der Waals surface area contributed by atoms with Gasteiger partial charge in [0.1, 0.15) is 17.1 Å². The summed E-state index contributed by atoms with van der Waals surface area (Å²) in [6, 6.07) is 9.17. The summed E-state index contributed by atoms with van der Waals surface area (Å²) in [6.07, 6.45) is -3.69. The summed E-state index contributed by atoms with van der Waals surface area (Å²) in [6.45, 7) is 4.63. The molecule has 9 nitrogen and oxygen atoms in total. The summed E-state index contributed by atoms with van der Waals surface area (Å²) in [5.41, 5.74) is -0.560. The highest BCUT2D eigenvalue weighted by molar-refractivity contribution is 6.00. The fourth-order valence-corrected chi connectivity index (χ4v) is 5.74. The summed E-state index contributed by atoms with van der Waals surface area (Å²) in [5, 5.41) is 14.1. The van der Waals surface area contributed by atoms with Crippen molar-refractivity contribution in [3.05, 3.63) is 82.4 Å². The lowest BCUT2D eigenvalue weighted by Gasteiger charge is -2.43. The van der Waals surface area contributed by atoms with Crippen LogP contribution in [0, 0.1) is 12.7 Å². The molecule has 1 aliphatic heterocycles. The molecule has 1 saturated heterocycles. The van der Waals surface area contributed by atoms with E-state index in [4.69, 9.17) is 4.74 Å². The van der Waals surface area contributed by atoms with Crippen molar-refractivity contribution in [1.29, 1.82) is 0 Å². The van der Waals surface area contributed by atoms with E-state index in [1.165, 1.54) is 44.1 Å². The number of halogens is 4. The summed E-state index contributed by atoms with van der Waals surface area (Å²) >= 11 is 0. The Morgan fingerprint density at radius 1 is 1.14 bits per heavy atom. The Labute approximate surface area is 250 Å². The summed E-state index contributed by atoms with van der Waals surface area (Å²) in [4.78, 5) is 33.5. The van der Waals surface area contributed by atoms with Crippen LogP contribution in [0.15, 0.2) is 48.7 Å². The average Bonchev–Trinajstić information content (AvgIpc) is 3.40. The number of rotatable bonds is 7. The molecule has 1 fully saturated rings. The van der Waals surface area contributed by atoms with E-state index in [1.54, 1.807) is 31.2 Å². The van der Waals surface area contributed by atoms with Gasteiger partial charge >= 0.3 is 6.18 Å². The van der Waals surface area contributed by atoms with E-state index >= 15 is 0 Å². The van der Waals surface area contributed by atoms with Gasteiger partial charge in [-0.3, -0.25) is 14.5 Å². The van der Waals surface area contributed by atoms with Crippen LogP contribution in [0.1, 0.15) is 57.4 Å². The van der Waals surface area contributed by atoms with Gasteiger partial charge in [0.05, 0.1) is 31.6 Å². The number of ketones is 1. The summed E-state index contributed by atoms with van der Waals surface area (Å²) in [5.74, 6) is -0.842. The first-order valence-electron chi connectivity index (χ1n) is 13.9. The number of aliphatic hydroxyl groups excluding tert-OH is 1. The van der Waals surface area contributed by atoms with Crippen LogP contribution in [-0.4, -0.2) is 80.6 Å². The number of benzene rings is 2. The molecule has 0 saturated carbocycles. The van der Waals surface area contributed by atoms with Gasteiger partial charge in [-0.1, -0.05) is 0 Å². The third-order valence-corrected chi connectivity index (χ3v) is 8.04. The van der Waals surface area contributed by atoms with Crippen LogP contribution < -0.4 is 4.74 Å². The second-order valence-corrected chi connectivity index (χ2v) is 10.8. The molecular formula is C31H31F4N5O4. The molecule has 1 N–H and O–H groups in total. The first-order chi connectivity index (χ1) is 20.8. The fraction of sp³-hybridized carbons (Fsp3) is 0.355. The molecule has 44 heavy (non-hydrogen) atoms. The van der Waals surface area contributed by atoms with Gasteiger partial charge in [-0.25, -0.2) is 13.9 Å². The van der Waals surface area contributed by atoms with Gasteiger partial charge in [-0.05, 0) is 63.2 Å². The molecule has 0 spiro atoms. The standard InChI is InChI=1S/C31H31F4N5O4/c1-17-15-38(26(16-41)23-13-21(19(3)42)7-10-25(23)32)11-12-39(17)30(43)24-14-36-40-28(31(33,34)35)18(2)27(37-29(24)40)20-5-8-22(44-4)9-6-20/h5-10,13-14,17,26,41H,11-12,15-16H2,1-4H3/t17-,26?/m1/s1. The highest BCUT2D eigenvalue weighted by Gasteiger charge is 2.40. The molecule has 0 bridgehead atoms. The van der Waals surface area contributed by atoms with Gasteiger partial charge in [-0.15, -0.1) is 0 Å². The number of aromatic nitrogens is 3. The fourth-order valence-electron chi connectivity index (χ4n) is 5.74. The van der Waals surface area contributed by atoms with Gasteiger partial charge in [-0.2, -0.15) is 18.3 Å². The minimum atomic E-state index is -4.79. The number of carbonyl (C=O) groups excluding carboxylic acids is 2. The van der Waals surface area contributed by atoms with Gasteiger partial charge in [0.2, 0.25) is 0 Å². The molecule has 4 aromatic rings. The van der Waals surface area contributed by atoms with E-state index in [0.717, 1.165) is 6.20 Å². The second kappa shape index (κ2) is 12.0. The Morgan fingerprint density at radius 3 is 2.43 bits per heavy atom. The number of carbonyl (C=O) groups is 2. The lowest BCUT2D eigenvalue weighted by atomic mass is 9.99. The second-order valence-electron chi connectivity index (χ2n) is 10.8. The van der Waals surface area contributed by atoms with E-state index in [2.05, 4.69) is 10.1 Å². The monoisotopic (exact) mass is 613 g/mol. The van der Waals surface area contributed by atoms with E-state index in [1.807, 2.05) is 4.90 Å². The van der Waals surface area contributed by atoms with Crippen LogP contribution in [0.25, 0.3) is 16.9 Å². The largest absolute Gasteiger partial charge is 0.497 e. The molecule has 3 heterocycles. The van der Waals surface area contributed by atoms with Crippen molar-refractivity contribution in [2.75, 3.05) is 33.4 Å². The van der Waals surface area contributed by atoms with Crippen LogP contribution in [-0.2, 0) is 6.18 Å². The number of aliphatic hydroxyl groups is 1. The molecule has 1 aliphatic rings. The van der Waals surface area contributed by atoms with Gasteiger partial charge < -0.3 is 14.7 Å². The van der Waals surface area contributed by atoms with Crippen molar-refractivity contribution >= 4 is 17.3 Å². The third-order valence-electron chi connectivity index (χ3n) is 8.04. The van der Waals surface area contributed by atoms with Crippen molar-refractivity contribution in [2.24, 2.45) is 0 Å². The lowest BCUT2D eigenvalue weighted by Crippen LogP contribution is -2.55. The minimum absolute atomic E-state index is 0.0560. The average molecular weight is 614 g/mol. The molecule has 1 amide bonds. The van der Waals surface area contributed by atoms with E-state index in [9.17, 15) is 32.3 Å². The quantitative estimate of drug-likeness (QED) is 0.233. The maximum absolute atomic E-state index is 14.8. The maximum Gasteiger partial charge on any atom is 0.433 e. The van der Waals surface area contributed by atoms with E-state index in [0.29, 0.717) is 21.4 Å². The topological polar surface area (TPSA) is 100 Å². The van der Waals surface area contributed by atoms with Crippen molar-refractivity contribution in [1.82, 2.24) is 24.4 Å². The zero-order valence-electron chi connectivity index (χ0n) is 24.5. The maximum atomic E-state index is 14.8. The Balaban J connectivity index is 1.48. The highest BCUT2D eigenvalue weighted by atomic mass is 19.4. The van der Waals surface area contributed by atoms with Crippen LogP contribution in [0.2, 0.25) is 0 Å². The summed E-state index contributed by atoms with van der Waals surface area (Å²) in [7, 11) is 1.48. The Bertz CT molecular complexity index is 1720. The van der Waals surface area contributed by atoms with E-state index in [-0.39, 0.29) is 53.4 Å². The zero-order valence-corrected chi connectivity index (χ0v) is 24.5. The van der Waals surface area contributed by atoms with Gasteiger partial charge in [0.15, 0.2) is 17.1 Å². The predicted octanol–water partition coefficient (Wildman–Crippen LogP) is 4.95. The van der Waals surface area contributed by atoms with Crippen molar-refractivity contribution in [2.45, 2.75) is 39.0 Å². The van der Waals surface area contributed by atoms with Crippen molar-refractivity contribution in [3.8, 4) is 17.0 Å². The number of methoxy groups -OCH3 is 1. The molecule has 2 aromatic carbocycles. The van der Waals surface area contributed by atoms with Crippen molar-refractivity contribution < 1.29 is 37.0 Å². The zero-order chi connectivity index (χ0) is 31.9. The number of fused-ring (bicyclic) bond motifs is 1. The minimum Gasteiger partial charge on any atom is -0.497 e. The number of Topliss-reactive ketones (excluding diaryl/α,β-unsaturated/α-hetero) is 1. The molecule has 5 rings (SSSR count). The Morgan fingerprint density at radius 2 is 1.84 bits per heavy atom. The SMILES string of the molecule is COc1ccc(-c2nc3c(C(=O)N4CCN(C(CO)c5cc(C(C)=O)ccc5F)C[C@H]4C)cnn3c(C(F)(F)F)c2C)cc1. The smallest absolute Gasteiger partial charge is 0.433 e. The molecule has 13 heteroatoms. The first kappa shape index (κ1) is 31.1. The van der Waals surface area contributed by atoms with Crippen LogP contribution in [0.4, 0.5) is 17.6 Å². The lowest BCUT2D eigenvalue weighted by molar-refractivity contribution is -0.143. The molecule has 2 aromatic heterocycles. The van der Waals surface area contributed by atoms with Crippen molar-refractivity contribution in [3.63, 3.8) is 0 Å². The highest BCUT2D eigenvalue weighted by Crippen LogP contribution is 2.37. The number of alkyl halides is 3. The Kier molecular flexibility index (Phi) is 8.45. The van der Waals surface area contributed by atoms with E-state index < -0.39 is 42.3 Å². The van der Waals surface area contributed by atoms with Gasteiger partial charge in [0.25, 0.3) is 5.91 Å². The third kappa shape index (κ3) is 5.64. The summed E-state index contributed by atoms with van der Waals surface area (Å²) < 4.78 is 63.6. The molecule has 232 valence electrons. The predicted molar refractivity (Wildman–Crippen MR) is 153 cm³/mol. The first-order valence-corrected chi connectivity index (χ1v) is 13.9. The van der Waals surface area contributed by atoms with Crippen LogP contribution in [0.3, 0.4) is 0 Å². The molecule has 0 aliphatic carbocycles. The number of piperazine rings is 1. The molecule has 0 radical (unpaired) electrons. The number of hydrogen-bond donors (Lipinski definition) is 1. The molecule has 2 atom stereocenters. The molecular weight excluding hydrogens is 582 g/mol. The number of ether oxygens (including phenoxy) is 1. The van der Waals surface area contributed by atoms with Gasteiger partial charge in [0, 0.05) is 47.9 Å². The van der Waals surface area contributed by atoms with Crippen LogP contribution in [0.5, 0.6) is 5.75 Å². The number of hydrogen-bond acceptors (Lipinski definition) is 7. The number of amides is 1. The Hall–Kier alpha value is -4.36. The number of nitrogens with zero attached hydrogens (tertiary/aromatic N) is 5.